The molecule has 0 bridgehead atoms. The molecule has 2 fully saturated rings. The number of thioether (sulfide) groups is 1. The predicted octanol–water partition coefficient (Wildman–Crippen LogP) is 2.45. The van der Waals surface area contributed by atoms with Crippen molar-refractivity contribution in [1.82, 2.24) is 15.5 Å². The van der Waals surface area contributed by atoms with E-state index in [1.807, 2.05) is 36.0 Å². The average Bonchev–Trinajstić information content (AvgIpc) is 3.22. The maximum Gasteiger partial charge on any atom is 0.251 e. The van der Waals surface area contributed by atoms with Crippen molar-refractivity contribution < 1.29 is 14.1 Å². The van der Waals surface area contributed by atoms with Gasteiger partial charge in [0, 0.05) is 30.3 Å². The number of hydrogen-bond acceptors (Lipinski definition) is 7. The number of rotatable bonds is 5. The van der Waals surface area contributed by atoms with Gasteiger partial charge in [0.2, 0.25) is 5.89 Å². The Hall–Kier alpha value is -2.06. The molecule has 1 amide bonds. The lowest BCUT2D eigenvalue weighted by atomic mass is 10.0. The van der Waals surface area contributed by atoms with Crippen molar-refractivity contribution in [2.24, 2.45) is 0 Å². The van der Waals surface area contributed by atoms with Crippen molar-refractivity contribution in [3.8, 4) is 0 Å². The van der Waals surface area contributed by atoms with Gasteiger partial charge in [-0.3, -0.25) is 4.79 Å². The number of amides is 1. The number of benzene rings is 1. The summed E-state index contributed by atoms with van der Waals surface area (Å²) in [5.74, 6) is 3.76. The summed E-state index contributed by atoms with van der Waals surface area (Å²) in [6.07, 6.45) is 2.18. The molecule has 2 aliphatic rings. The van der Waals surface area contributed by atoms with Crippen LogP contribution in [0.4, 0.5) is 5.69 Å². The molecule has 27 heavy (non-hydrogen) atoms. The van der Waals surface area contributed by atoms with Gasteiger partial charge in [0.1, 0.15) is 0 Å². The predicted molar refractivity (Wildman–Crippen MR) is 104 cm³/mol. The van der Waals surface area contributed by atoms with Crippen LogP contribution in [0.1, 0.15) is 40.8 Å². The van der Waals surface area contributed by atoms with Gasteiger partial charge in [-0.1, -0.05) is 5.16 Å². The van der Waals surface area contributed by atoms with Crippen LogP contribution in [0.5, 0.6) is 0 Å². The van der Waals surface area contributed by atoms with Gasteiger partial charge in [-0.2, -0.15) is 16.7 Å². The lowest BCUT2D eigenvalue weighted by molar-refractivity contribution is 0.0946. The summed E-state index contributed by atoms with van der Waals surface area (Å²) in [7, 11) is 0. The highest BCUT2D eigenvalue weighted by molar-refractivity contribution is 7.99. The van der Waals surface area contributed by atoms with E-state index in [9.17, 15) is 4.79 Å². The Labute approximate surface area is 162 Å². The van der Waals surface area contributed by atoms with Crippen molar-refractivity contribution in [3.63, 3.8) is 0 Å². The first-order valence-corrected chi connectivity index (χ1v) is 10.6. The quantitative estimate of drug-likeness (QED) is 0.843. The van der Waals surface area contributed by atoms with E-state index in [0.717, 1.165) is 62.2 Å². The van der Waals surface area contributed by atoms with Crippen LogP contribution in [0.2, 0.25) is 0 Å². The number of ether oxygens (including phenoxy) is 1. The highest BCUT2D eigenvalue weighted by atomic mass is 32.2. The molecule has 8 heteroatoms. The maximum atomic E-state index is 12.4. The molecule has 3 heterocycles. The van der Waals surface area contributed by atoms with E-state index in [2.05, 4.69) is 20.4 Å². The van der Waals surface area contributed by atoms with Crippen molar-refractivity contribution in [2.45, 2.75) is 25.3 Å². The highest BCUT2D eigenvalue weighted by Crippen LogP contribution is 2.29. The SMILES string of the molecule is O=C(NCc1nc(C2CCSCC2)no1)c1ccc(N2CCOCC2)cc1. The first kappa shape index (κ1) is 18.3. The molecule has 0 unspecified atom stereocenters. The van der Waals surface area contributed by atoms with E-state index in [1.54, 1.807) is 0 Å². The van der Waals surface area contributed by atoms with Gasteiger partial charge in [-0.15, -0.1) is 0 Å². The second-order valence-electron chi connectivity index (χ2n) is 6.76. The van der Waals surface area contributed by atoms with Crippen LogP contribution in [0.15, 0.2) is 28.8 Å². The third-order valence-electron chi connectivity index (χ3n) is 4.98. The molecule has 1 aromatic heterocycles. The highest BCUT2D eigenvalue weighted by Gasteiger charge is 2.21. The monoisotopic (exact) mass is 388 g/mol. The van der Waals surface area contributed by atoms with E-state index >= 15 is 0 Å². The molecule has 1 aromatic carbocycles. The zero-order chi connectivity index (χ0) is 18.5. The molecule has 2 aliphatic heterocycles. The van der Waals surface area contributed by atoms with E-state index in [4.69, 9.17) is 9.26 Å². The van der Waals surface area contributed by atoms with Crippen molar-refractivity contribution >= 4 is 23.4 Å². The fourth-order valence-electron chi connectivity index (χ4n) is 3.36. The Morgan fingerprint density at radius 1 is 1.19 bits per heavy atom. The van der Waals surface area contributed by atoms with Crippen molar-refractivity contribution in [3.05, 3.63) is 41.5 Å². The number of hydrogen-bond donors (Lipinski definition) is 1. The first-order valence-electron chi connectivity index (χ1n) is 9.41. The first-order chi connectivity index (χ1) is 13.3. The van der Waals surface area contributed by atoms with Crippen LogP contribution in [0, 0.1) is 0 Å². The van der Waals surface area contributed by atoms with Crippen LogP contribution in [-0.2, 0) is 11.3 Å². The van der Waals surface area contributed by atoms with Gasteiger partial charge in [-0.25, -0.2) is 0 Å². The lowest BCUT2D eigenvalue weighted by Gasteiger charge is -2.28. The molecule has 0 saturated carbocycles. The van der Waals surface area contributed by atoms with Gasteiger partial charge in [-0.05, 0) is 48.6 Å². The number of nitrogens with one attached hydrogen (secondary N) is 1. The Morgan fingerprint density at radius 2 is 1.93 bits per heavy atom. The number of aromatic nitrogens is 2. The fourth-order valence-corrected chi connectivity index (χ4v) is 4.47. The van der Waals surface area contributed by atoms with Crippen molar-refractivity contribution in [2.75, 3.05) is 42.7 Å². The van der Waals surface area contributed by atoms with Crippen LogP contribution < -0.4 is 10.2 Å². The molecule has 0 atom stereocenters. The van der Waals surface area contributed by atoms with Crippen LogP contribution in [0.3, 0.4) is 0 Å². The zero-order valence-electron chi connectivity index (χ0n) is 15.2. The van der Waals surface area contributed by atoms with E-state index < -0.39 is 0 Å². The van der Waals surface area contributed by atoms with Gasteiger partial charge in [0.25, 0.3) is 5.91 Å². The summed E-state index contributed by atoms with van der Waals surface area (Å²) in [6.45, 7) is 3.50. The zero-order valence-corrected chi connectivity index (χ0v) is 16.0. The summed E-state index contributed by atoms with van der Waals surface area (Å²) in [4.78, 5) is 19.1. The molecule has 144 valence electrons. The van der Waals surface area contributed by atoms with Gasteiger partial charge >= 0.3 is 0 Å². The van der Waals surface area contributed by atoms with Crippen LogP contribution >= 0.6 is 11.8 Å². The molecule has 2 saturated heterocycles. The minimum absolute atomic E-state index is 0.141. The standard InChI is InChI=1S/C19H24N4O3S/c24-19(15-1-3-16(4-2-15)23-7-9-25-10-8-23)20-13-17-21-18(22-26-17)14-5-11-27-12-6-14/h1-4,14H,5-13H2,(H,20,24). The van der Waals surface area contributed by atoms with Crippen molar-refractivity contribution in [1.29, 1.82) is 0 Å². The summed E-state index contributed by atoms with van der Waals surface area (Å²) < 4.78 is 10.7. The lowest BCUT2D eigenvalue weighted by Crippen LogP contribution is -2.36. The third-order valence-corrected chi connectivity index (χ3v) is 6.02. The molecule has 7 nitrogen and oxygen atoms in total. The summed E-state index contributed by atoms with van der Waals surface area (Å²) in [6, 6.07) is 7.65. The molecule has 1 N–H and O–H groups in total. The Bertz CT molecular complexity index is 753. The number of nitrogens with zero attached hydrogens (tertiary/aromatic N) is 3. The molecule has 0 spiro atoms. The number of anilines is 1. The maximum absolute atomic E-state index is 12.4. The Balaban J connectivity index is 1.30. The van der Waals surface area contributed by atoms with Crippen LogP contribution in [-0.4, -0.2) is 53.9 Å². The molecular formula is C19H24N4O3S. The number of carbonyl (C=O) groups is 1. The van der Waals surface area contributed by atoms with Crippen LogP contribution in [0.25, 0.3) is 0 Å². The summed E-state index contributed by atoms with van der Waals surface area (Å²) in [5.41, 5.74) is 1.73. The summed E-state index contributed by atoms with van der Waals surface area (Å²) in [5, 5.41) is 6.95. The topological polar surface area (TPSA) is 80.5 Å². The van der Waals surface area contributed by atoms with Gasteiger partial charge < -0.3 is 19.5 Å². The third kappa shape index (κ3) is 4.62. The number of carbonyl (C=O) groups excluding carboxylic acids is 1. The largest absolute Gasteiger partial charge is 0.378 e. The second-order valence-corrected chi connectivity index (χ2v) is 7.99. The Morgan fingerprint density at radius 3 is 2.67 bits per heavy atom. The van der Waals surface area contributed by atoms with E-state index in [0.29, 0.717) is 17.4 Å². The smallest absolute Gasteiger partial charge is 0.251 e. The van der Waals surface area contributed by atoms with E-state index in [-0.39, 0.29) is 12.5 Å². The van der Waals surface area contributed by atoms with Gasteiger partial charge in [0.15, 0.2) is 5.82 Å². The summed E-state index contributed by atoms with van der Waals surface area (Å²) >= 11 is 1.97. The molecule has 0 aliphatic carbocycles. The second kappa shape index (κ2) is 8.75. The molecule has 2 aromatic rings. The number of morpholine rings is 1. The fraction of sp³-hybridized carbons (Fsp3) is 0.526. The Kier molecular flexibility index (Phi) is 5.94. The minimum Gasteiger partial charge on any atom is -0.378 e. The average molecular weight is 388 g/mol. The minimum atomic E-state index is -0.141. The molecule has 4 rings (SSSR count). The normalized spacial score (nSPS) is 18.4. The van der Waals surface area contributed by atoms with E-state index in [1.165, 1.54) is 0 Å². The van der Waals surface area contributed by atoms with Gasteiger partial charge in [0.05, 0.1) is 19.8 Å². The molecular weight excluding hydrogens is 364 g/mol. The molecule has 0 radical (unpaired) electrons.